The summed E-state index contributed by atoms with van der Waals surface area (Å²) < 4.78 is 2.62. The lowest BCUT2D eigenvalue weighted by Crippen LogP contribution is -2.41. The van der Waals surface area contributed by atoms with Gasteiger partial charge in [0.2, 0.25) is 0 Å². The number of hydrogen-bond donors (Lipinski definition) is 1. The largest absolute Gasteiger partial charge is 0.330 e. The van der Waals surface area contributed by atoms with Crippen molar-refractivity contribution in [1.82, 2.24) is 14.5 Å². The predicted molar refractivity (Wildman–Crippen MR) is 78.7 cm³/mol. The van der Waals surface area contributed by atoms with Crippen molar-refractivity contribution in [2.24, 2.45) is 14.1 Å². The third-order valence-corrected chi connectivity index (χ3v) is 5.00. The van der Waals surface area contributed by atoms with Crippen molar-refractivity contribution in [3.05, 3.63) is 32.6 Å². The van der Waals surface area contributed by atoms with Gasteiger partial charge in [0, 0.05) is 43.7 Å². The minimum absolute atomic E-state index is 0.200. The Hall–Kier alpha value is -1.01. The lowest BCUT2D eigenvalue weighted by Gasteiger charge is -2.19. The summed E-state index contributed by atoms with van der Waals surface area (Å²) >= 11 is 1.89. The van der Waals surface area contributed by atoms with Gasteiger partial charge in [-0.25, -0.2) is 4.79 Å². The normalized spacial score (nSPS) is 22.9. The molecule has 2 unspecified atom stereocenters. The lowest BCUT2D eigenvalue weighted by molar-refractivity contribution is 0.523. The molecule has 2 rings (SSSR count). The predicted octanol–water partition coefficient (Wildman–Crippen LogP) is 0.458. The summed E-state index contributed by atoms with van der Waals surface area (Å²) in [6.45, 7) is 0.530. The van der Waals surface area contributed by atoms with Crippen LogP contribution in [0.5, 0.6) is 0 Å². The second-order valence-electron chi connectivity index (χ2n) is 5.10. The highest BCUT2D eigenvalue weighted by molar-refractivity contribution is 7.99. The molecule has 1 heterocycles. The van der Waals surface area contributed by atoms with E-state index in [1.807, 2.05) is 11.8 Å². The molecule has 19 heavy (non-hydrogen) atoms. The van der Waals surface area contributed by atoms with Gasteiger partial charge in [0.1, 0.15) is 0 Å². The molecule has 0 aliphatic heterocycles. The molecule has 0 aromatic carbocycles. The molecule has 0 bridgehead atoms. The van der Waals surface area contributed by atoms with Crippen molar-refractivity contribution in [3.63, 3.8) is 0 Å². The molecule has 6 heteroatoms. The van der Waals surface area contributed by atoms with Crippen LogP contribution in [0.1, 0.15) is 24.8 Å². The number of aromatic nitrogens is 2. The fourth-order valence-electron chi connectivity index (χ4n) is 2.69. The molecule has 1 N–H and O–H groups in total. The molecule has 0 radical (unpaired) electrons. The first-order chi connectivity index (χ1) is 9.04. The molecule has 1 aliphatic rings. The minimum atomic E-state index is -0.281. The Balaban J connectivity index is 2.12. The van der Waals surface area contributed by atoms with Crippen molar-refractivity contribution in [2.75, 3.05) is 6.26 Å². The van der Waals surface area contributed by atoms with E-state index in [2.05, 4.69) is 11.6 Å². The summed E-state index contributed by atoms with van der Waals surface area (Å²) in [4.78, 5) is 23.6. The number of thioether (sulfide) groups is 1. The molecular weight excluding hydrogens is 262 g/mol. The number of nitrogens with zero attached hydrogens (tertiary/aromatic N) is 2. The summed E-state index contributed by atoms with van der Waals surface area (Å²) in [5, 5.41) is 4.10. The molecule has 0 saturated heterocycles. The maximum absolute atomic E-state index is 12.0. The minimum Gasteiger partial charge on any atom is -0.309 e. The van der Waals surface area contributed by atoms with E-state index in [1.165, 1.54) is 24.5 Å². The highest BCUT2D eigenvalue weighted by atomic mass is 32.2. The van der Waals surface area contributed by atoms with Crippen molar-refractivity contribution >= 4 is 11.8 Å². The van der Waals surface area contributed by atoms with E-state index in [0.717, 1.165) is 11.0 Å². The Bertz CT molecular complexity index is 564. The van der Waals surface area contributed by atoms with Crippen LogP contribution in [0.15, 0.2) is 15.8 Å². The molecule has 2 atom stereocenters. The van der Waals surface area contributed by atoms with Crippen LogP contribution in [0, 0.1) is 0 Å². The maximum Gasteiger partial charge on any atom is 0.330 e. The van der Waals surface area contributed by atoms with Crippen molar-refractivity contribution in [2.45, 2.75) is 37.1 Å². The molecule has 5 nitrogen and oxygen atoms in total. The number of nitrogens with one attached hydrogen (secondary N) is 1. The van der Waals surface area contributed by atoms with E-state index in [9.17, 15) is 9.59 Å². The van der Waals surface area contributed by atoms with E-state index < -0.39 is 0 Å². The summed E-state index contributed by atoms with van der Waals surface area (Å²) in [5.41, 5.74) is 0.169. The Labute approximate surface area is 117 Å². The summed E-state index contributed by atoms with van der Waals surface area (Å²) in [6.07, 6.45) is 7.42. The van der Waals surface area contributed by atoms with Crippen LogP contribution >= 0.6 is 11.8 Å². The zero-order valence-corrected chi connectivity index (χ0v) is 12.5. The molecule has 1 aliphatic carbocycles. The molecule has 0 amide bonds. The highest BCUT2D eigenvalue weighted by Crippen LogP contribution is 2.28. The van der Waals surface area contributed by atoms with Crippen LogP contribution in [-0.2, 0) is 20.6 Å². The van der Waals surface area contributed by atoms with Crippen LogP contribution in [0.2, 0.25) is 0 Å². The van der Waals surface area contributed by atoms with Gasteiger partial charge in [0.15, 0.2) is 0 Å². The van der Waals surface area contributed by atoms with Gasteiger partial charge in [-0.05, 0) is 19.1 Å². The summed E-state index contributed by atoms with van der Waals surface area (Å²) in [7, 11) is 3.19. The fourth-order valence-corrected chi connectivity index (χ4v) is 3.65. The monoisotopic (exact) mass is 283 g/mol. The number of hydrogen-bond acceptors (Lipinski definition) is 4. The Kier molecular flexibility index (Phi) is 4.52. The number of aryl methyl sites for hydroxylation is 1. The average molecular weight is 283 g/mol. The van der Waals surface area contributed by atoms with Crippen LogP contribution in [0.3, 0.4) is 0 Å². The quantitative estimate of drug-likeness (QED) is 0.872. The third-order valence-electron chi connectivity index (χ3n) is 3.83. The Morgan fingerprint density at radius 1 is 1.37 bits per heavy atom. The lowest BCUT2D eigenvalue weighted by atomic mass is 10.2. The maximum atomic E-state index is 12.0. The molecule has 1 fully saturated rings. The van der Waals surface area contributed by atoms with Crippen molar-refractivity contribution < 1.29 is 0 Å². The molecule has 1 aromatic rings. The van der Waals surface area contributed by atoms with Crippen molar-refractivity contribution in [1.29, 1.82) is 0 Å². The van der Waals surface area contributed by atoms with Gasteiger partial charge in [0.05, 0.1) is 0 Å². The molecule has 1 saturated carbocycles. The SMILES string of the molecule is CSC1CCCC1NCc1cn(C)c(=O)n(C)c1=O. The van der Waals surface area contributed by atoms with Gasteiger partial charge in [-0.1, -0.05) is 6.42 Å². The summed E-state index contributed by atoms with van der Waals surface area (Å²) in [5.74, 6) is 0. The van der Waals surface area contributed by atoms with Gasteiger partial charge in [-0.15, -0.1) is 0 Å². The van der Waals surface area contributed by atoms with E-state index in [-0.39, 0.29) is 11.2 Å². The van der Waals surface area contributed by atoms with Gasteiger partial charge in [0.25, 0.3) is 5.56 Å². The van der Waals surface area contributed by atoms with E-state index >= 15 is 0 Å². The Morgan fingerprint density at radius 3 is 2.79 bits per heavy atom. The van der Waals surface area contributed by atoms with Crippen LogP contribution in [0.4, 0.5) is 0 Å². The van der Waals surface area contributed by atoms with Gasteiger partial charge >= 0.3 is 5.69 Å². The Morgan fingerprint density at radius 2 is 2.11 bits per heavy atom. The zero-order chi connectivity index (χ0) is 14.0. The van der Waals surface area contributed by atoms with Crippen LogP contribution in [0.25, 0.3) is 0 Å². The third kappa shape index (κ3) is 2.95. The molecule has 0 spiro atoms. The number of rotatable bonds is 4. The first-order valence-corrected chi connectivity index (χ1v) is 7.85. The van der Waals surface area contributed by atoms with E-state index in [1.54, 1.807) is 13.2 Å². The van der Waals surface area contributed by atoms with Crippen LogP contribution in [-0.4, -0.2) is 26.7 Å². The smallest absolute Gasteiger partial charge is 0.309 e. The average Bonchev–Trinajstić information content (AvgIpc) is 2.86. The topological polar surface area (TPSA) is 56.0 Å². The standard InChI is InChI=1S/C13H21N3O2S/c1-15-8-9(12(17)16(2)13(15)18)7-14-10-5-4-6-11(10)19-3/h8,10-11,14H,4-7H2,1-3H3. The van der Waals surface area contributed by atoms with Gasteiger partial charge in [-0.2, -0.15) is 11.8 Å². The second kappa shape index (κ2) is 5.96. The van der Waals surface area contributed by atoms with E-state index in [0.29, 0.717) is 23.4 Å². The molecule has 1 aromatic heterocycles. The van der Waals surface area contributed by atoms with Crippen LogP contribution < -0.4 is 16.6 Å². The van der Waals surface area contributed by atoms with E-state index in [4.69, 9.17) is 0 Å². The fraction of sp³-hybridized carbons (Fsp3) is 0.692. The van der Waals surface area contributed by atoms with Crippen molar-refractivity contribution in [3.8, 4) is 0 Å². The molecular formula is C13H21N3O2S. The van der Waals surface area contributed by atoms with Gasteiger partial charge < -0.3 is 9.88 Å². The zero-order valence-electron chi connectivity index (χ0n) is 11.7. The second-order valence-corrected chi connectivity index (χ2v) is 6.18. The highest BCUT2D eigenvalue weighted by Gasteiger charge is 2.26. The first-order valence-electron chi connectivity index (χ1n) is 6.56. The van der Waals surface area contributed by atoms with Gasteiger partial charge in [-0.3, -0.25) is 9.36 Å². The summed E-state index contributed by atoms with van der Waals surface area (Å²) in [6, 6.07) is 0.469. The first kappa shape index (κ1) is 14.4. The molecule has 106 valence electrons.